The molecule has 2 aromatic rings. The summed E-state index contributed by atoms with van der Waals surface area (Å²) in [6.07, 6.45) is 4.45. The van der Waals surface area contributed by atoms with Crippen molar-refractivity contribution in [1.29, 1.82) is 0 Å². The summed E-state index contributed by atoms with van der Waals surface area (Å²) in [5, 5.41) is 14.4. The van der Waals surface area contributed by atoms with Crippen molar-refractivity contribution in [2.24, 2.45) is 5.92 Å². The van der Waals surface area contributed by atoms with E-state index in [-0.39, 0.29) is 17.8 Å². The Morgan fingerprint density at radius 3 is 2.83 bits per heavy atom. The maximum Gasteiger partial charge on any atom is 0.222 e. The molecule has 1 aromatic heterocycles. The molecule has 1 aliphatic carbocycles. The lowest BCUT2D eigenvalue weighted by Crippen LogP contribution is -2.38. The van der Waals surface area contributed by atoms with Crippen molar-refractivity contribution in [1.82, 2.24) is 25.5 Å². The van der Waals surface area contributed by atoms with Gasteiger partial charge in [-0.1, -0.05) is 18.6 Å². The molecule has 0 unspecified atom stereocenters. The van der Waals surface area contributed by atoms with E-state index in [1.165, 1.54) is 12.1 Å². The molecule has 128 valence electrons. The van der Waals surface area contributed by atoms with E-state index in [9.17, 15) is 9.18 Å². The van der Waals surface area contributed by atoms with Crippen molar-refractivity contribution < 1.29 is 9.18 Å². The third-order valence-corrected chi connectivity index (χ3v) is 4.68. The highest BCUT2D eigenvalue weighted by Gasteiger charge is 2.28. The number of aryl methyl sites for hydroxylation is 2. The predicted molar refractivity (Wildman–Crippen MR) is 86.5 cm³/mol. The molecule has 24 heavy (non-hydrogen) atoms. The first-order valence-electron chi connectivity index (χ1n) is 8.38. The van der Waals surface area contributed by atoms with Crippen LogP contribution >= 0.6 is 0 Å². The number of benzene rings is 1. The summed E-state index contributed by atoms with van der Waals surface area (Å²) in [7, 11) is 0. The van der Waals surface area contributed by atoms with Crippen LogP contribution in [0, 0.1) is 18.7 Å². The van der Waals surface area contributed by atoms with Gasteiger partial charge in [0.25, 0.3) is 0 Å². The topological polar surface area (TPSA) is 72.7 Å². The van der Waals surface area contributed by atoms with Crippen LogP contribution in [-0.4, -0.2) is 32.2 Å². The molecule has 6 nitrogen and oxygen atoms in total. The number of amides is 1. The van der Waals surface area contributed by atoms with Crippen molar-refractivity contribution in [2.45, 2.75) is 51.6 Å². The fourth-order valence-electron chi connectivity index (χ4n) is 3.34. The average Bonchev–Trinajstić information content (AvgIpc) is 3.17. The molecule has 1 heterocycles. The van der Waals surface area contributed by atoms with E-state index in [2.05, 4.69) is 20.8 Å². The number of nitrogens with zero attached hydrogens (tertiary/aromatic N) is 4. The van der Waals surface area contributed by atoms with Gasteiger partial charge in [-0.05, 0) is 60.2 Å². The Labute approximate surface area is 140 Å². The van der Waals surface area contributed by atoms with E-state index in [4.69, 9.17) is 0 Å². The van der Waals surface area contributed by atoms with Gasteiger partial charge in [-0.15, -0.1) is 5.10 Å². The standard InChI is InChI=1S/C17H22FN5O/c1-12-20-21-22-23(12)10-9-17(24)19-16-4-2-3-14(16)11-13-5-7-15(18)8-6-13/h5-8,14,16H,2-4,9-11H2,1H3,(H,19,24)/t14-,16-/m1/s1. The van der Waals surface area contributed by atoms with Crippen LogP contribution in [0.4, 0.5) is 4.39 Å². The fourth-order valence-corrected chi connectivity index (χ4v) is 3.34. The minimum Gasteiger partial charge on any atom is -0.353 e. The molecule has 1 aromatic carbocycles. The molecule has 1 saturated carbocycles. The van der Waals surface area contributed by atoms with Crippen LogP contribution in [0.5, 0.6) is 0 Å². The van der Waals surface area contributed by atoms with Crippen molar-refractivity contribution in [3.8, 4) is 0 Å². The molecule has 7 heteroatoms. The van der Waals surface area contributed by atoms with E-state index in [1.54, 1.807) is 4.68 Å². The first-order valence-corrected chi connectivity index (χ1v) is 8.38. The highest BCUT2D eigenvalue weighted by atomic mass is 19.1. The molecule has 1 aliphatic rings. The molecular weight excluding hydrogens is 309 g/mol. The molecule has 0 bridgehead atoms. The van der Waals surface area contributed by atoms with Gasteiger partial charge in [-0.2, -0.15) is 0 Å². The van der Waals surface area contributed by atoms with Gasteiger partial charge in [0.05, 0.1) is 6.54 Å². The molecule has 3 rings (SSSR count). The summed E-state index contributed by atoms with van der Waals surface area (Å²) in [4.78, 5) is 12.2. The SMILES string of the molecule is Cc1nnnn1CCC(=O)N[C@@H]1CCC[C@@H]1Cc1ccc(F)cc1. The lowest BCUT2D eigenvalue weighted by atomic mass is 9.94. The number of rotatable bonds is 6. The number of nitrogens with one attached hydrogen (secondary N) is 1. The Morgan fingerprint density at radius 2 is 2.12 bits per heavy atom. The largest absolute Gasteiger partial charge is 0.353 e. The van der Waals surface area contributed by atoms with E-state index in [0.717, 1.165) is 31.2 Å². The number of tetrazole rings is 1. The normalized spacial score (nSPS) is 20.2. The molecule has 0 saturated heterocycles. The van der Waals surface area contributed by atoms with Crippen LogP contribution in [0.15, 0.2) is 24.3 Å². The first kappa shape index (κ1) is 16.5. The zero-order chi connectivity index (χ0) is 16.9. The van der Waals surface area contributed by atoms with Gasteiger partial charge in [0.15, 0.2) is 0 Å². The maximum absolute atomic E-state index is 13.0. The number of carbonyl (C=O) groups is 1. The quantitative estimate of drug-likeness (QED) is 0.879. The molecule has 2 atom stereocenters. The molecule has 0 spiro atoms. The summed E-state index contributed by atoms with van der Waals surface area (Å²) in [6.45, 7) is 2.30. The minimum atomic E-state index is -0.215. The summed E-state index contributed by atoms with van der Waals surface area (Å²) in [5.41, 5.74) is 1.12. The van der Waals surface area contributed by atoms with E-state index in [1.807, 2.05) is 19.1 Å². The second-order valence-corrected chi connectivity index (χ2v) is 6.39. The highest BCUT2D eigenvalue weighted by molar-refractivity contribution is 5.76. The third kappa shape index (κ3) is 4.15. The van der Waals surface area contributed by atoms with Gasteiger partial charge in [-0.25, -0.2) is 9.07 Å². The Kier molecular flexibility index (Phi) is 5.17. The van der Waals surface area contributed by atoms with Crippen molar-refractivity contribution in [3.05, 3.63) is 41.5 Å². The van der Waals surface area contributed by atoms with E-state index < -0.39 is 0 Å². The van der Waals surface area contributed by atoms with Gasteiger partial charge in [0.1, 0.15) is 11.6 Å². The molecule has 1 N–H and O–H groups in total. The summed E-state index contributed by atoms with van der Waals surface area (Å²) in [5.74, 6) is 0.931. The zero-order valence-electron chi connectivity index (χ0n) is 13.8. The van der Waals surface area contributed by atoms with Crippen LogP contribution in [0.25, 0.3) is 0 Å². The number of hydrogen-bond donors (Lipinski definition) is 1. The first-order chi connectivity index (χ1) is 11.6. The minimum absolute atomic E-state index is 0.0286. The third-order valence-electron chi connectivity index (χ3n) is 4.68. The maximum atomic E-state index is 13.0. The summed E-state index contributed by atoms with van der Waals surface area (Å²) >= 11 is 0. The number of carbonyl (C=O) groups excluding carboxylic acids is 1. The van der Waals surface area contributed by atoms with Gasteiger partial charge < -0.3 is 5.32 Å². The predicted octanol–water partition coefficient (Wildman–Crippen LogP) is 2.04. The highest BCUT2D eigenvalue weighted by Crippen LogP contribution is 2.29. The van der Waals surface area contributed by atoms with Gasteiger partial charge in [0.2, 0.25) is 5.91 Å². The average molecular weight is 331 g/mol. The van der Waals surface area contributed by atoms with Gasteiger partial charge in [0, 0.05) is 12.5 Å². The van der Waals surface area contributed by atoms with Crippen molar-refractivity contribution in [2.75, 3.05) is 0 Å². The fraction of sp³-hybridized carbons (Fsp3) is 0.529. The summed E-state index contributed by atoms with van der Waals surface area (Å²) < 4.78 is 14.6. The molecule has 0 radical (unpaired) electrons. The van der Waals surface area contributed by atoms with E-state index in [0.29, 0.717) is 24.7 Å². The van der Waals surface area contributed by atoms with Crippen LogP contribution in [0.1, 0.15) is 37.1 Å². The Bertz CT molecular complexity index is 685. The Balaban J connectivity index is 1.50. The van der Waals surface area contributed by atoms with Crippen LogP contribution in [-0.2, 0) is 17.8 Å². The monoisotopic (exact) mass is 331 g/mol. The molecule has 1 amide bonds. The van der Waals surface area contributed by atoms with Crippen LogP contribution < -0.4 is 5.32 Å². The summed E-state index contributed by atoms with van der Waals surface area (Å²) in [6, 6.07) is 6.83. The second kappa shape index (κ2) is 7.51. The Hall–Kier alpha value is -2.31. The van der Waals surface area contributed by atoms with Crippen LogP contribution in [0.3, 0.4) is 0 Å². The Morgan fingerprint density at radius 1 is 1.33 bits per heavy atom. The van der Waals surface area contributed by atoms with Crippen LogP contribution in [0.2, 0.25) is 0 Å². The van der Waals surface area contributed by atoms with Crippen molar-refractivity contribution in [3.63, 3.8) is 0 Å². The second-order valence-electron chi connectivity index (χ2n) is 6.39. The lowest BCUT2D eigenvalue weighted by molar-refractivity contribution is -0.122. The molecule has 0 aliphatic heterocycles. The van der Waals surface area contributed by atoms with Gasteiger partial charge >= 0.3 is 0 Å². The number of aromatic nitrogens is 4. The van der Waals surface area contributed by atoms with Gasteiger partial charge in [-0.3, -0.25) is 4.79 Å². The molecule has 1 fully saturated rings. The smallest absolute Gasteiger partial charge is 0.222 e. The lowest BCUT2D eigenvalue weighted by Gasteiger charge is -2.21. The number of hydrogen-bond acceptors (Lipinski definition) is 4. The van der Waals surface area contributed by atoms with E-state index >= 15 is 0 Å². The number of halogens is 1. The molecular formula is C17H22FN5O. The van der Waals surface area contributed by atoms with Crippen molar-refractivity contribution >= 4 is 5.91 Å². The zero-order valence-corrected chi connectivity index (χ0v) is 13.8.